The Labute approximate surface area is 74.9 Å². The Morgan fingerprint density at radius 1 is 1.00 bits per heavy atom. The predicted molar refractivity (Wildman–Crippen MR) is 43.0 cm³/mol. The fraction of sp³-hybridized carbons (Fsp3) is 0.556. The van der Waals surface area contributed by atoms with Gasteiger partial charge in [-0.3, -0.25) is 9.59 Å². The first kappa shape index (κ1) is 8.29. The molecule has 0 aromatic carbocycles. The van der Waals surface area contributed by atoms with Crippen LogP contribution in [0.15, 0.2) is 12.2 Å². The molecule has 0 aromatic rings. The molecule has 0 unspecified atom stereocenters. The van der Waals surface area contributed by atoms with Crippen LogP contribution in [0.2, 0.25) is 0 Å². The van der Waals surface area contributed by atoms with Gasteiger partial charge in [-0.05, 0) is 18.3 Å². The van der Waals surface area contributed by atoms with Crippen molar-refractivity contribution < 1.29 is 19.8 Å². The summed E-state index contributed by atoms with van der Waals surface area (Å²) < 4.78 is 0. The normalized spacial score (nSPS) is 40.9. The first-order valence-corrected chi connectivity index (χ1v) is 4.25. The number of aliphatic carboxylic acids is 2. The van der Waals surface area contributed by atoms with Gasteiger partial charge in [0.15, 0.2) is 0 Å². The van der Waals surface area contributed by atoms with E-state index in [1.54, 1.807) is 0 Å². The van der Waals surface area contributed by atoms with Gasteiger partial charge in [-0.15, -0.1) is 0 Å². The van der Waals surface area contributed by atoms with Crippen molar-refractivity contribution in [2.75, 3.05) is 0 Å². The molecule has 2 bridgehead atoms. The Hall–Kier alpha value is -1.32. The maximum Gasteiger partial charge on any atom is 0.307 e. The lowest BCUT2D eigenvalue weighted by atomic mass is 9.83. The number of hydrogen-bond acceptors (Lipinski definition) is 2. The minimum Gasteiger partial charge on any atom is -0.481 e. The van der Waals surface area contributed by atoms with Crippen molar-refractivity contribution in [1.82, 2.24) is 0 Å². The number of allylic oxidation sites excluding steroid dienone is 2. The zero-order valence-electron chi connectivity index (χ0n) is 6.88. The van der Waals surface area contributed by atoms with Crippen LogP contribution in [0.5, 0.6) is 0 Å². The van der Waals surface area contributed by atoms with E-state index in [9.17, 15) is 9.59 Å². The molecule has 70 valence electrons. The maximum absolute atomic E-state index is 10.8. The van der Waals surface area contributed by atoms with Crippen molar-refractivity contribution in [2.45, 2.75) is 6.42 Å². The van der Waals surface area contributed by atoms with E-state index in [1.807, 2.05) is 12.2 Å². The van der Waals surface area contributed by atoms with Crippen molar-refractivity contribution in [1.29, 1.82) is 0 Å². The van der Waals surface area contributed by atoms with Gasteiger partial charge < -0.3 is 10.2 Å². The Balaban J connectivity index is 2.30. The minimum atomic E-state index is -0.982. The molecule has 2 aliphatic rings. The van der Waals surface area contributed by atoms with E-state index >= 15 is 0 Å². The zero-order chi connectivity index (χ0) is 9.59. The van der Waals surface area contributed by atoms with Crippen LogP contribution in [-0.4, -0.2) is 22.2 Å². The topological polar surface area (TPSA) is 74.6 Å². The van der Waals surface area contributed by atoms with E-state index in [0.717, 1.165) is 0 Å². The molecule has 4 heteroatoms. The van der Waals surface area contributed by atoms with Gasteiger partial charge in [-0.1, -0.05) is 12.2 Å². The number of carbonyl (C=O) groups is 2. The predicted octanol–water partition coefficient (Wildman–Crippen LogP) is 0.594. The molecular weight excluding hydrogens is 172 g/mol. The SMILES string of the molecule is O=C(O)[C@@H]1[C@@H](C(=O)O)[C@H]2C=C[C@@H]1C2. The molecule has 0 aromatic heterocycles. The van der Waals surface area contributed by atoms with Crippen LogP contribution in [0.1, 0.15) is 6.42 Å². The van der Waals surface area contributed by atoms with Crippen LogP contribution in [0.25, 0.3) is 0 Å². The molecule has 4 atom stereocenters. The smallest absolute Gasteiger partial charge is 0.307 e. The molecular formula is C9H10O4. The van der Waals surface area contributed by atoms with Crippen LogP contribution in [-0.2, 0) is 9.59 Å². The highest BCUT2D eigenvalue weighted by atomic mass is 16.4. The van der Waals surface area contributed by atoms with Crippen molar-refractivity contribution >= 4 is 11.9 Å². The molecule has 0 saturated heterocycles. The molecule has 2 rings (SSSR count). The summed E-state index contributed by atoms with van der Waals surface area (Å²) in [5.74, 6) is -3.53. The summed E-state index contributed by atoms with van der Waals surface area (Å²) >= 11 is 0. The first-order valence-electron chi connectivity index (χ1n) is 4.25. The van der Waals surface area contributed by atoms with Crippen molar-refractivity contribution in [3.8, 4) is 0 Å². The summed E-state index contributed by atoms with van der Waals surface area (Å²) in [5.41, 5.74) is 0. The Morgan fingerprint density at radius 3 is 1.69 bits per heavy atom. The second-order valence-corrected chi connectivity index (χ2v) is 3.68. The molecule has 13 heavy (non-hydrogen) atoms. The van der Waals surface area contributed by atoms with Gasteiger partial charge in [0.1, 0.15) is 0 Å². The van der Waals surface area contributed by atoms with Gasteiger partial charge in [0.05, 0.1) is 11.8 Å². The molecule has 0 amide bonds. The van der Waals surface area contributed by atoms with E-state index in [4.69, 9.17) is 10.2 Å². The Morgan fingerprint density at radius 2 is 1.38 bits per heavy atom. The van der Waals surface area contributed by atoms with Crippen molar-refractivity contribution in [3.05, 3.63) is 12.2 Å². The monoisotopic (exact) mass is 182 g/mol. The fourth-order valence-electron chi connectivity index (χ4n) is 2.50. The highest BCUT2D eigenvalue weighted by Crippen LogP contribution is 2.48. The molecule has 0 radical (unpaired) electrons. The van der Waals surface area contributed by atoms with E-state index in [1.165, 1.54) is 0 Å². The highest BCUT2D eigenvalue weighted by Gasteiger charge is 2.51. The summed E-state index contributed by atoms with van der Waals surface area (Å²) in [6.07, 6.45) is 4.36. The molecule has 0 aliphatic heterocycles. The lowest BCUT2D eigenvalue weighted by Gasteiger charge is -2.20. The van der Waals surface area contributed by atoms with Crippen molar-refractivity contribution in [2.24, 2.45) is 23.7 Å². The van der Waals surface area contributed by atoms with Crippen LogP contribution in [0.4, 0.5) is 0 Å². The Bertz CT molecular complexity index is 266. The first-order chi connectivity index (χ1) is 6.11. The quantitative estimate of drug-likeness (QED) is 0.613. The van der Waals surface area contributed by atoms with Crippen LogP contribution in [0.3, 0.4) is 0 Å². The highest BCUT2D eigenvalue weighted by molar-refractivity contribution is 5.82. The van der Waals surface area contributed by atoms with Crippen molar-refractivity contribution in [3.63, 3.8) is 0 Å². The minimum absolute atomic E-state index is 0.0661. The average molecular weight is 182 g/mol. The third kappa shape index (κ3) is 1.05. The van der Waals surface area contributed by atoms with Gasteiger partial charge in [-0.25, -0.2) is 0 Å². The van der Waals surface area contributed by atoms with Crippen LogP contribution in [0, 0.1) is 23.7 Å². The van der Waals surface area contributed by atoms with Gasteiger partial charge in [0, 0.05) is 0 Å². The lowest BCUT2D eigenvalue weighted by molar-refractivity contribution is -0.154. The number of rotatable bonds is 2. The van der Waals surface area contributed by atoms with E-state index < -0.39 is 23.8 Å². The van der Waals surface area contributed by atoms with E-state index in [0.29, 0.717) is 6.42 Å². The van der Waals surface area contributed by atoms with Gasteiger partial charge in [-0.2, -0.15) is 0 Å². The summed E-state index contributed by atoms with van der Waals surface area (Å²) in [4.78, 5) is 21.6. The molecule has 0 spiro atoms. The molecule has 1 fully saturated rings. The summed E-state index contributed by atoms with van der Waals surface area (Å²) in [5, 5.41) is 17.7. The van der Waals surface area contributed by atoms with Crippen LogP contribution < -0.4 is 0 Å². The standard InChI is InChI=1S/C9H10O4/c10-8(11)6-4-1-2-5(3-4)7(6)9(12)13/h1-2,4-7H,3H2,(H,10,11)(H,12,13)/t4-,5+,6-,7-/m0/s1. The summed E-state index contributed by atoms with van der Waals surface area (Å²) in [7, 11) is 0. The van der Waals surface area contributed by atoms with Gasteiger partial charge in [0.25, 0.3) is 0 Å². The van der Waals surface area contributed by atoms with E-state index in [-0.39, 0.29) is 11.8 Å². The number of hydrogen-bond donors (Lipinski definition) is 2. The summed E-state index contributed by atoms with van der Waals surface area (Å²) in [6, 6.07) is 0. The summed E-state index contributed by atoms with van der Waals surface area (Å²) in [6.45, 7) is 0. The third-order valence-corrected chi connectivity index (χ3v) is 3.03. The molecule has 2 N–H and O–H groups in total. The fourth-order valence-corrected chi connectivity index (χ4v) is 2.50. The van der Waals surface area contributed by atoms with E-state index in [2.05, 4.69) is 0 Å². The molecule has 4 nitrogen and oxygen atoms in total. The molecule has 2 aliphatic carbocycles. The third-order valence-electron chi connectivity index (χ3n) is 3.03. The van der Waals surface area contributed by atoms with Gasteiger partial charge >= 0.3 is 11.9 Å². The zero-order valence-corrected chi connectivity index (χ0v) is 6.88. The number of fused-ring (bicyclic) bond motifs is 2. The second kappa shape index (κ2) is 2.58. The average Bonchev–Trinajstić information content (AvgIpc) is 2.60. The molecule has 1 saturated carbocycles. The largest absolute Gasteiger partial charge is 0.481 e. The van der Waals surface area contributed by atoms with Crippen LogP contribution >= 0.6 is 0 Å². The lowest BCUT2D eigenvalue weighted by Crippen LogP contribution is -2.32. The van der Waals surface area contributed by atoms with Gasteiger partial charge in [0.2, 0.25) is 0 Å². The number of carboxylic acid groups (broad SMARTS) is 2. The number of carboxylic acids is 2. The molecule has 0 heterocycles. The Kier molecular flexibility index (Phi) is 1.65. The maximum atomic E-state index is 10.8. The second-order valence-electron chi connectivity index (χ2n) is 3.68.